The van der Waals surface area contributed by atoms with Gasteiger partial charge in [0.15, 0.2) is 0 Å². The molecule has 0 aliphatic rings. The maximum Gasteiger partial charge on any atom is 0.0975 e. The molecule has 0 saturated carbocycles. The number of hydrogen-bond acceptors (Lipinski definition) is 3. The molecule has 17 heavy (non-hydrogen) atoms. The SMILES string of the molecule is Cc1cccc(SCC(O)c2ccc(C)s2)c1. The zero-order valence-corrected chi connectivity index (χ0v) is 11.6. The van der Waals surface area contributed by atoms with E-state index >= 15 is 0 Å². The van der Waals surface area contributed by atoms with Crippen molar-refractivity contribution in [3.63, 3.8) is 0 Å². The van der Waals surface area contributed by atoms with Crippen LogP contribution in [0.5, 0.6) is 0 Å². The molecule has 3 heteroatoms. The molecule has 1 atom stereocenters. The first-order valence-electron chi connectivity index (χ1n) is 5.59. The zero-order valence-electron chi connectivity index (χ0n) is 10.0. The van der Waals surface area contributed by atoms with Crippen molar-refractivity contribution in [2.45, 2.75) is 24.8 Å². The number of aryl methyl sites for hydroxylation is 2. The van der Waals surface area contributed by atoms with Crippen LogP contribution in [-0.4, -0.2) is 10.9 Å². The van der Waals surface area contributed by atoms with Gasteiger partial charge >= 0.3 is 0 Å². The highest BCUT2D eigenvalue weighted by Crippen LogP contribution is 2.28. The van der Waals surface area contributed by atoms with Gasteiger partial charge in [-0.25, -0.2) is 0 Å². The average molecular weight is 264 g/mol. The highest BCUT2D eigenvalue weighted by molar-refractivity contribution is 7.99. The minimum atomic E-state index is -0.362. The van der Waals surface area contributed by atoms with Gasteiger partial charge in [-0.05, 0) is 38.1 Å². The van der Waals surface area contributed by atoms with Crippen LogP contribution in [0.2, 0.25) is 0 Å². The van der Waals surface area contributed by atoms with E-state index < -0.39 is 0 Å². The summed E-state index contributed by atoms with van der Waals surface area (Å²) in [5.74, 6) is 0.712. The standard InChI is InChI=1S/C14H16OS2/c1-10-4-3-5-12(8-10)16-9-13(15)14-7-6-11(2)17-14/h3-8,13,15H,9H2,1-2H3. The van der Waals surface area contributed by atoms with Crippen molar-refractivity contribution in [1.82, 2.24) is 0 Å². The van der Waals surface area contributed by atoms with Crippen molar-refractivity contribution in [3.8, 4) is 0 Å². The molecule has 1 unspecified atom stereocenters. The van der Waals surface area contributed by atoms with Crippen molar-refractivity contribution < 1.29 is 5.11 Å². The number of aliphatic hydroxyl groups is 1. The molecule has 2 aromatic rings. The topological polar surface area (TPSA) is 20.2 Å². The van der Waals surface area contributed by atoms with Gasteiger partial charge in [0.2, 0.25) is 0 Å². The predicted octanol–water partition coefficient (Wildman–Crippen LogP) is 4.19. The van der Waals surface area contributed by atoms with E-state index in [0.29, 0.717) is 5.75 Å². The third kappa shape index (κ3) is 3.60. The normalized spacial score (nSPS) is 12.6. The molecule has 0 radical (unpaired) electrons. The second-order valence-corrected chi connectivity index (χ2v) is 6.50. The van der Waals surface area contributed by atoms with Gasteiger partial charge in [0.25, 0.3) is 0 Å². The highest BCUT2D eigenvalue weighted by atomic mass is 32.2. The molecule has 0 aliphatic carbocycles. The first kappa shape index (κ1) is 12.7. The van der Waals surface area contributed by atoms with Crippen LogP contribution in [0.1, 0.15) is 21.4 Å². The number of benzene rings is 1. The molecule has 0 fully saturated rings. The van der Waals surface area contributed by atoms with Crippen LogP contribution in [0.15, 0.2) is 41.3 Å². The number of rotatable bonds is 4. The molecular formula is C14H16OS2. The van der Waals surface area contributed by atoms with Crippen LogP contribution in [0.4, 0.5) is 0 Å². The Bertz CT molecular complexity index is 490. The Balaban J connectivity index is 1.94. The molecule has 0 aliphatic heterocycles. The molecule has 1 aromatic heterocycles. The van der Waals surface area contributed by atoms with E-state index in [1.807, 2.05) is 6.07 Å². The lowest BCUT2D eigenvalue weighted by Crippen LogP contribution is -1.97. The summed E-state index contributed by atoms with van der Waals surface area (Å²) < 4.78 is 0. The van der Waals surface area contributed by atoms with Crippen LogP contribution < -0.4 is 0 Å². The van der Waals surface area contributed by atoms with Crippen LogP contribution in [0, 0.1) is 13.8 Å². The number of hydrogen-bond donors (Lipinski definition) is 1. The Hall–Kier alpha value is -0.770. The van der Waals surface area contributed by atoms with Crippen LogP contribution in [0.25, 0.3) is 0 Å². The first-order valence-corrected chi connectivity index (χ1v) is 7.39. The lowest BCUT2D eigenvalue weighted by molar-refractivity contribution is 0.208. The van der Waals surface area contributed by atoms with Crippen LogP contribution in [0.3, 0.4) is 0 Å². The second kappa shape index (κ2) is 5.71. The van der Waals surface area contributed by atoms with Crippen LogP contribution in [-0.2, 0) is 0 Å². The Kier molecular flexibility index (Phi) is 4.26. The van der Waals surface area contributed by atoms with E-state index in [9.17, 15) is 5.11 Å². The van der Waals surface area contributed by atoms with Crippen molar-refractivity contribution in [1.29, 1.82) is 0 Å². The summed E-state index contributed by atoms with van der Waals surface area (Å²) >= 11 is 3.37. The van der Waals surface area contributed by atoms with Crippen LogP contribution >= 0.6 is 23.1 Å². The van der Waals surface area contributed by atoms with Gasteiger partial charge in [0.1, 0.15) is 0 Å². The minimum Gasteiger partial charge on any atom is -0.387 e. The fourth-order valence-electron chi connectivity index (χ4n) is 1.59. The monoisotopic (exact) mass is 264 g/mol. The average Bonchev–Trinajstić information content (AvgIpc) is 2.73. The molecule has 1 N–H and O–H groups in total. The molecule has 1 nitrogen and oxygen atoms in total. The second-order valence-electron chi connectivity index (χ2n) is 4.09. The largest absolute Gasteiger partial charge is 0.387 e. The van der Waals surface area contributed by atoms with Crippen molar-refractivity contribution in [3.05, 3.63) is 51.7 Å². The lowest BCUT2D eigenvalue weighted by Gasteiger charge is -2.08. The molecular weight excluding hydrogens is 248 g/mol. The van der Waals surface area contributed by atoms with Gasteiger partial charge in [0.05, 0.1) is 6.10 Å². The molecule has 0 saturated heterocycles. The molecule has 2 rings (SSSR count). The van der Waals surface area contributed by atoms with Crippen molar-refractivity contribution >= 4 is 23.1 Å². The molecule has 0 spiro atoms. The molecule has 0 amide bonds. The predicted molar refractivity (Wildman–Crippen MR) is 75.9 cm³/mol. The molecule has 1 heterocycles. The summed E-state index contributed by atoms with van der Waals surface area (Å²) in [5, 5.41) is 10.1. The van der Waals surface area contributed by atoms with E-state index in [4.69, 9.17) is 0 Å². The van der Waals surface area contributed by atoms with E-state index in [1.54, 1.807) is 23.1 Å². The maximum atomic E-state index is 10.1. The highest BCUT2D eigenvalue weighted by Gasteiger charge is 2.10. The molecule has 90 valence electrons. The minimum absolute atomic E-state index is 0.362. The summed E-state index contributed by atoms with van der Waals surface area (Å²) in [6.07, 6.45) is -0.362. The molecule has 1 aromatic carbocycles. The fraction of sp³-hybridized carbons (Fsp3) is 0.286. The Morgan fingerprint density at radius 3 is 2.71 bits per heavy atom. The summed E-state index contributed by atoms with van der Waals surface area (Å²) in [4.78, 5) is 3.53. The Morgan fingerprint density at radius 2 is 2.06 bits per heavy atom. The third-order valence-corrected chi connectivity index (χ3v) is 4.66. The van der Waals surface area contributed by atoms with E-state index in [0.717, 1.165) is 4.88 Å². The number of aliphatic hydroxyl groups excluding tert-OH is 1. The summed E-state index contributed by atoms with van der Waals surface area (Å²) in [6, 6.07) is 12.4. The van der Waals surface area contributed by atoms with Gasteiger partial charge < -0.3 is 5.11 Å². The zero-order chi connectivity index (χ0) is 12.3. The molecule has 0 bridgehead atoms. The van der Waals surface area contributed by atoms with Crippen molar-refractivity contribution in [2.75, 3.05) is 5.75 Å². The van der Waals surface area contributed by atoms with E-state index in [2.05, 4.69) is 44.2 Å². The van der Waals surface area contributed by atoms with Gasteiger partial charge in [0, 0.05) is 20.4 Å². The number of thioether (sulfide) groups is 1. The maximum absolute atomic E-state index is 10.1. The lowest BCUT2D eigenvalue weighted by atomic mass is 10.2. The van der Waals surface area contributed by atoms with Gasteiger partial charge in [-0.15, -0.1) is 23.1 Å². The van der Waals surface area contributed by atoms with Gasteiger partial charge in [-0.1, -0.05) is 17.7 Å². The first-order chi connectivity index (χ1) is 8.15. The number of thiophene rings is 1. The van der Waals surface area contributed by atoms with E-state index in [1.165, 1.54) is 15.3 Å². The fourth-order valence-corrected chi connectivity index (χ4v) is 3.54. The summed E-state index contributed by atoms with van der Waals surface area (Å²) in [6.45, 7) is 4.15. The Labute approximate surface area is 111 Å². The quantitative estimate of drug-likeness (QED) is 0.836. The third-order valence-electron chi connectivity index (χ3n) is 2.49. The smallest absolute Gasteiger partial charge is 0.0975 e. The van der Waals surface area contributed by atoms with Gasteiger partial charge in [-0.2, -0.15) is 0 Å². The Morgan fingerprint density at radius 1 is 1.24 bits per heavy atom. The van der Waals surface area contributed by atoms with E-state index in [-0.39, 0.29) is 6.10 Å². The summed E-state index contributed by atoms with van der Waals surface area (Å²) in [5.41, 5.74) is 1.26. The van der Waals surface area contributed by atoms with Crippen molar-refractivity contribution in [2.24, 2.45) is 0 Å². The summed E-state index contributed by atoms with van der Waals surface area (Å²) in [7, 11) is 0. The van der Waals surface area contributed by atoms with Gasteiger partial charge in [-0.3, -0.25) is 0 Å².